The van der Waals surface area contributed by atoms with Crippen LogP contribution in [0.15, 0.2) is 0 Å². The molecule has 0 bridgehead atoms. The maximum absolute atomic E-state index is 10.3. The third-order valence-corrected chi connectivity index (χ3v) is 0.905. The van der Waals surface area contributed by atoms with E-state index in [9.17, 15) is 4.79 Å². The molecule has 0 saturated carbocycles. The van der Waals surface area contributed by atoms with E-state index in [-0.39, 0.29) is 17.8 Å². The number of nitrogens with one attached hydrogen (secondary N) is 1. The van der Waals surface area contributed by atoms with Gasteiger partial charge in [0.15, 0.2) is 0 Å². The van der Waals surface area contributed by atoms with Crippen molar-refractivity contribution in [2.24, 2.45) is 5.73 Å². The third-order valence-electron chi connectivity index (χ3n) is 0.905. The first-order valence-corrected chi connectivity index (χ1v) is 2.91. The molecule has 8 heteroatoms. The number of carbonyl (C=O) groups excluding carboxylic acids is 1. The maximum Gasteiger partial charge on any atom is 0.319 e. The molecule has 0 unspecified atom stereocenters. The summed E-state index contributed by atoms with van der Waals surface area (Å²) in [6, 6.07) is -0.792. The molecule has 0 aliphatic heterocycles. The fourth-order valence-corrected chi connectivity index (χ4v) is 0.575. The van der Waals surface area contributed by atoms with Crippen LogP contribution in [0.25, 0.3) is 0 Å². The number of nitrogens with two attached hydrogens (primary N) is 3. The lowest BCUT2D eigenvalue weighted by atomic mass is 10.8. The van der Waals surface area contributed by atoms with Crippen molar-refractivity contribution in [3.05, 3.63) is 0 Å². The number of anilines is 3. The van der Waals surface area contributed by atoms with Gasteiger partial charge in [0.2, 0.25) is 17.8 Å². The molecule has 1 aromatic rings. The standard InChI is InChI=1S/C4H7N7O/c5-1-8-2(6)10-4(9-1)11-3(7)12/h(H7,5,6,7,8,9,10,11,12). The Balaban J connectivity index is 2.93. The van der Waals surface area contributed by atoms with E-state index < -0.39 is 6.03 Å². The summed E-state index contributed by atoms with van der Waals surface area (Å²) in [5.74, 6) is -0.218. The molecule has 0 aromatic carbocycles. The Morgan fingerprint density at radius 2 is 1.67 bits per heavy atom. The summed E-state index contributed by atoms with van der Waals surface area (Å²) in [5.41, 5.74) is 15.2. The minimum Gasteiger partial charge on any atom is -0.368 e. The molecule has 0 spiro atoms. The predicted octanol–water partition coefficient (Wildman–Crippen LogP) is -1.47. The number of hydrogen-bond donors (Lipinski definition) is 4. The summed E-state index contributed by atoms with van der Waals surface area (Å²) < 4.78 is 0. The molecule has 0 aliphatic rings. The van der Waals surface area contributed by atoms with Crippen molar-refractivity contribution in [1.82, 2.24) is 15.0 Å². The van der Waals surface area contributed by atoms with E-state index >= 15 is 0 Å². The van der Waals surface area contributed by atoms with Crippen molar-refractivity contribution in [2.45, 2.75) is 0 Å². The number of primary amides is 1. The lowest BCUT2D eigenvalue weighted by Gasteiger charge is -2.00. The summed E-state index contributed by atoms with van der Waals surface area (Å²) in [5, 5.41) is 2.10. The SMILES string of the molecule is NC(=O)Nc1nc(N)nc(N)n1. The van der Waals surface area contributed by atoms with Gasteiger partial charge < -0.3 is 17.2 Å². The van der Waals surface area contributed by atoms with Crippen LogP contribution in [0.1, 0.15) is 0 Å². The molecule has 0 fully saturated rings. The molecule has 0 atom stereocenters. The van der Waals surface area contributed by atoms with Gasteiger partial charge in [-0.2, -0.15) is 15.0 Å². The topological polar surface area (TPSA) is 146 Å². The van der Waals surface area contributed by atoms with Gasteiger partial charge in [-0.1, -0.05) is 0 Å². The highest BCUT2D eigenvalue weighted by Crippen LogP contribution is 2.02. The first-order chi connectivity index (χ1) is 5.58. The summed E-state index contributed by atoms with van der Waals surface area (Å²) in [4.78, 5) is 20.9. The van der Waals surface area contributed by atoms with Crippen LogP contribution in [0.2, 0.25) is 0 Å². The smallest absolute Gasteiger partial charge is 0.319 e. The molecule has 0 aliphatic carbocycles. The van der Waals surface area contributed by atoms with Gasteiger partial charge in [0.25, 0.3) is 0 Å². The minimum atomic E-state index is -0.792. The van der Waals surface area contributed by atoms with E-state index in [2.05, 4.69) is 20.3 Å². The van der Waals surface area contributed by atoms with Crippen LogP contribution >= 0.6 is 0 Å². The van der Waals surface area contributed by atoms with Gasteiger partial charge in [-0.05, 0) is 0 Å². The van der Waals surface area contributed by atoms with Crippen molar-refractivity contribution in [3.8, 4) is 0 Å². The van der Waals surface area contributed by atoms with E-state index in [1.165, 1.54) is 0 Å². The van der Waals surface area contributed by atoms with E-state index in [4.69, 9.17) is 17.2 Å². The highest BCUT2D eigenvalue weighted by Gasteiger charge is 2.02. The highest BCUT2D eigenvalue weighted by atomic mass is 16.2. The second kappa shape index (κ2) is 2.86. The number of amides is 2. The molecule has 2 amide bonds. The molecular formula is C4H7N7O. The summed E-state index contributed by atoms with van der Waals surface area (Å²) in [6.45, 7) is 0. The van der Waals surface area contributed by atoms with Crippen LogP contribution in [-0.2, 0) is 0 Å². The van der Waals surface area contributed by atoms with Gasteiger partial charge in [0.05, 0.1) is 0 Å². The van der Waals surface area contributed by atoms with Crippen molar-refractivity contribution >= 4 is 23.9 Å². The Morgan fingerprint density at radius 3 is 2.08 bits per heavy atom. The van der Waals surface area contributed by atoms with Gasteiger partial charge >= 0.3 is 6.03 Å². The zero-order valence-corrected chi connectivity index (χ0v) is 5.98. The zero-order valence-electron chi connectivity index (χ0n) is 5.98. The number of nitrogens with zero attached hydrogens (tertiary/aromatic N) is 3. The van der Waals surface area contributed by atoms with Crippen LogP contribution in [0.4, 0.5) is 22.6 Å². The van der Waals surface area contributed by atoms with Gasteiger partial charge in [0.1, 0.15) is 0 Å². The van der Waals surface area contributed by atoms with Crippen LogP contribution in [0.5, 0.6) is 0 Å². The molecule has 1 rings (SSSR count). The van der Waals surface area contributed by atoms with E-state index in [1.54, 1.807) is 0 Å². The zero-order chi connectivity index (χ0) is 9.14. The second-order valence-electron chi connectivity index (χ2n) is 1.86. The molecule has 0 saturated heterocycles. The Hall–Kier alpha value is -2.12. The van der Waals surface area contributed by atoms with Crippen LogP contribution in [-0.4, -0.2) is 21.0 Å². The predicted molar refractivity (Wildman–Crippen MR) is 41.9 cm³/mol. The third kappa shape index (κ3) is 1.94. The first kappa shape index (κ1) is 7.98. The van der Waals surface area contributed by atoms with Gasteiger partial charge in [0, 0.05) is 0 Å². The number of nitrogen functional groups attached to an aromatic ring is 2. The molecule has 8 nitrogen and oxygen atoms in total. The Morgan fingerprint density at radius 1 is 1.17 bits per heavy atom. The maximum atomic E-state index is 10.3. The number of hydrogen-bond acceptors (Lipinski definition) is 6. The Labute approximate surface area is 67.2 Å². The summed E-state index contributed by atoms with van der Waals surface area (Å²) >= 11 is 0. The number of carbonyl (C=O) groups is 1. The number of aromatic nitrogens is 3. The average Bonchev–Trinajstić information content (AvgIpc) is 1.81. The fourth-order valence-electron chi connectivity index (χ4n) is 0.575. The minimum absolute atomic E-state index is 0.0625. The lowest BCUT2D eigenvalue weighted by molar-refractivity contribution is 0.259. The fraction of sp³-hybridized carbons (Fsp3) is 0. The van der Waals surface area contributed by atoms with Crippen LogP contribution < -0.4 is 22.5 Å². The van der Waals surface area contributed by atoms with Gasteiger partial charge in [-0.3, -0.25) is 5.32 Å². The first-order valence-electron chi connectivity index (χ1n) is 2.91. The Bertz CT molecular complexity index is 290. The van der Waals surface area contributed by atoms with Crippen LogP contribution in [0, 0.1) is 0 Å². The summed E-state index contributed by atoms with van der Waals surface area (Å²) in [6.07, 6.45) is 0. The average molecular weight is 169 g/mol. The van der Waals surface area contributed by atoms with E-state index in [0.29, 0.717) is 0 Å². The van der Waals surface area contributed by atoms with Crippen molar-refractivity contribution in [1.29, 1.82) is 0 Å². The lowest BCUT2D eigenvalue weighted by Crippen LogP contribution is -2.21. The monoisotopic (exact) mass is 169 g/mol. The highest BCUT2D eigenvalue weighted by molar-refractivity contribution is 5.85. The van der Waals surface area contributed by atoms with Gasteiger partial charge in [-0.25, -0.2) is 4.79 Å². The molecule has 1 aromatic heterocycles. The number of rotatable bonds is 1. The second-order valence-corrected chi connectivity index (χ2v) is 1.86. The molecule has 7 N–H and O–H groups in total. The largest absolute Gasteiger partial charge is 0.368 e. The molecule has 64 valence electrons. The van der Waals surface area contributed by atoms with E-state index in [1.807, 2.05) is 0 Å². The molecule has 0 radical (unpaired) electrons. The summed E-state index contributed by atoms with van der Waals surface area (Å²) in [7, 11) is 0. The quantitative estimate of drug-likeness (QED) is 0.403. The van der Waals surface area contributed by atoms with Crippen LogP contribution in [0.3, 0.4) is 0 Å². The number of urea groups is 1. The van der Waals surface area contributed by atoms with Crippen molar-refractivity contribution in [2.75, 3.05) is 16.8 Å². The van der Waals surface area contributed by atoms with Crippen molar-refractivity contribution in [3.63, 3.8) is 0 Å². The molecule has 12 heavy (non-hydrogen) atoms. The molecular weight excluding hydrogens is 162 g/mol. The van der Waals surface area contributed by atoms with Gasteiger partial charge in [-0.15, -0.1) is 0 Å². The molecule has 1 heterocycles. The van der Waals surface area contributed by atoms with Crippen molar-refractivity contribution < 1.29 is 4.79 Å². The Kier molecular flexibility index (Phi) is 1.90. The van der Waals surface area contributed by atoms with E-state index in [0.717, 1.165) is 0 Å². The normalized spacial score (nSPS) is 9.33.